The molecule has 0 fully saturated rings. The molecule has 0 bridgehead atoms. The van der Waals surface area contributed by atoms with Crippen LogP contribution in [0.5, 0.6) is 11.5 Å². The van der Waals surface area contributed by atoms with E-state index in [0.29, 0.717) is 17.7 Å². The largest absolute Gasteiger partial charge is 0.497 e. The number of fused-ring (bicyclic) bond motifs is 1. The van der Waals surface area contributed by atoms with E-state index in [1.807, 2.05) is 6.92 Å². The van der Waals surface area contributed by atoms with Crippen LogP contribution in [0.3, 0.4) is 0 Å². The first-order valence-electron chi connectivity index (χ1n) is 10.8. The minimum atomic E-state index is -3.86. The fraction of sp³-hybridized carbons (Fsp3) is 0.208. The van der Waals surface area contributed by atoms with Crippen molar-refractivity contribution in [2.24, 2.45) is 0 Å². The molecule has 4 rings (SSSR count). The maximum Gasteiger partial charge on any atom is 0.293 e. The molecule has 0 aliphatic heterocycles. The summed E-state index contributed by atoms with van der Waals surface area (Å²) in [7, 11) is -1.02. The van der Waals surface area contributed by atoms with Crippen LogP contribution in [-0.4, -0.2) is 48.4 Å². The number of nitrogens with zero attached hydrogens (tertiary/aromatic N) is 4. The Bertz CT molecular complexity index is 1740. The molecule has 0 unspecified atom stereocenters. The number of aromatic nitrogens is 3. The van der Waals surface area contributed by atoms with Gasteiger partial charge >= 0.3 is 0 Å². The maximum atomic E-state index is 14.0. The van der Waals surface area contributed by atoms with Gasteiger partial charge in [-0.05, 0) is 30.2 Å². The van der Waals surface area contributed by atoms with Crippen LogP contribution in [0.2, 0.25) is 5.02 Å². The van der Waals surface area contributed by atoms with E-state index in [-0.39, 0.29) is 44.3 Å². The summed E-state index contributed by atoms with van der Waals surface area (Å²) in [5.74, 6) is 0.591. The molecule has 0 aliphatic rings. The summed E-state index contributed by atoms with van der Waals surface area (Å²) in [5, 5.41) is 11.8. The average Bonchev–Trinajstić information content (AvgIpc) is 2.87. The Morgan fingerprint density at radius 3 is 2.43 bits per heavy atom. The van der Waals surface area contributed by atoms with E-state index in [4.69, 9.17) is 21.1 Å². The van der Waals surface area contributed by atoms with Crippen LogP contribution >= 0.6 is 11.6 Å². The number of nitro groups is 1. The number of hydrogen-bond acceptors (Lipinski definition) is 9. The van der Waals surface area contributed by atoms with Gasteiger partial charge < -0.3 is 9.47 Å². The number of pyridine rings is 1. The van der Waals surface area contributed by atoms with E-state index in [1.54, 1.807) is 12.1 Å². The molecule has 2 aromatic carbocycles. The van der Waals surface area contributed by atoms with Gasteiger partial charge in [0.2, 0.25) is 15.0 Å². The van der Waals surface area contributed by atoms with Crippen molar-refractivity contribution >= 4 is 38.2 Å². The lowest BCUT2D eigenvalue weighted by molar-refractivity contribution is -0.384. The van der Waals surface area contributed by atoms with Gasteiger partial charge in [-0.3, -0.25) is 19.5 Å². The highest BCUT2D eigenvalue weighted by atomic mass is 35.5. The first kappa shape index (κ1) is 26.0. The molecule has 37 heavy (non-hydrogen) atoms. The quantitative estimate of drug-likeness (QED) is 0.191. The zero-order chi connectivity index (χ0) is 27.1. The van der Waals surface area contributed by atoms with Crippen molar-refractivity contribution in [2.75, 3.05) is 20.5 Å². The molecule has 4 aromatic rings. The number of ether oxygens (including phenoxy) is 2. The minimum Gasteiger partial charge on any atom is -0.497 e. The van der Waals surface area contributed by atoms with Gasteiger partial charge in [0.1, 0.15) is 17.2 Å². The van der Waals surface area contributed by atoms with Crippen LogP contribution in [0, 0.1) is 10.1 Å². The van der Waals surface area contributed by atoms with Crippen LogP contribution in [0.25, 0.3) is 27.8 Å². The molecular formula is C24H21ClN4O7S. The van der Waals surface area contributed by atoms with Crippen molar-refractivity contribution in [2.45, 2.75) is 18.5 Å². The van der Waals surface area contributed by atoms with Gasteiger partial charge in [-0.1, -0.05) is 24.6 Å². The number of nitro benzene ring substituents is 1. The van der Waals surface area contributed by atoms with Gasteiger partial charge in [-0.2, -0.15) is 4.98 Å². The Morgan fingerprint density at radius 1 is 1.11 bits per heavy atom. The second-order valence-electron chi connectivity index (χ2n) is 8.03. The molecule has 0 N–H and O–H groups in total. The molecule has 11 nitrogen and oxygen atoms in total. The Labute approximate surface area is 216 Å². The molecule has 0 saturated heterocycles. The Morgan fingerprint density at radius 2 is 1.84 bits per heavy atom. The number of sulfone groups is 1. The lowest BCUT2D eigenvalue weighted by atomic mass is 10.0. The Hall–Kier alpha value is -4.03. The van der Waals surface area contributed by atoms with Gasteiger partial charge in [0.05, 0.1) is 29.7 Å². The molecule has 0 spiro atoms. The molecule has 192 valence electrons. The second-order valence-corrected chi connectivity index (χ2v) is 10.3. The SMILES string of the molecule is CCc1ccc(-n2c(=O)c(-c3cc(OC)cc(OC)c3Cl)cc3cnc(S(C)(=O)=O)nc32)c([N+](=O)[O-])c1. The molecule has 13 heteroatoms. The molecule has 0 amide bonds. The van der Waals surface area contributed by atoms with E-state index < -0.39 is 25.5 Å². The number of halogens is 1. The summed E-state index contributed by atoms with van der Waals surface area (Å²) in [6, 6.07) is 8.94. The summed E-state index contributed by atoms with van der Waals surface area (Å²) in [6.45, 7) is 1.84. The van der Waals surface area contributed by atoms with Crippen LogP contribution < -0.4 is 15.0 Å². The molecule has 0 atom stereocenters. The van der Waals surface area contributed by atoms with Crippen LogP contribution in [0.1, 0.15) is 12.5 Å². The zero-order valence-electron chi connectivity index (χ0n) is 20.2. The van der Waals surface area contributed by atoms with E-state index in [9.17, 15) is 23.3 Å². The van der Waals surface area contributed by atoms with Gasteiger partial charge in [0.25, 0.3) is 11.2 Å². The summed E-state index contributed by atoms with van der Waals surface area (Å²) in [5.41, 5.74) is -0.344. The zero-order valence-corrected chi connectivity index (χ0v) is 21.8. The number of rotatable bonds is 7. The molecular weight excluding hydrogens is 524 g/mol. The smallest absolute Gasteiger partial charge is 0.293 e. The van der Waals surface area contributed by atoms with Crippen molar-refractivity contribution in [3.05, 3.63) is 73.6 Å². The fourth-order valence-electron chi connectivity index (χ4n) is 3.84. The first-order chi connectivity index (χ1) is 17.5. The lowest BCUT2D eigenvalue weighted by Crippen LogP contribution is -2.23. The third kappa shape index (κ3) is 4.72. The highest BCUT2D eigenvalue weighted by Crippen LogP contribution is 2.39. The second kappa shape index (κ2) is 9.79. The standard InChI is InChI=1S/C24H21ClN4O7S/c1-5-13-6-7-18(19(8-13)29(31)32)28-22-14(12-26-24(27-22)37(4,33)34)9-17(23(28)30)16-10-15(35-2)11-20(36-3)21(16)25/h6-12H,5H2,1-4H3. The van der Waals surface area contributed by atoms with Crippen molar-refractivity contribution in [1.29, 1.82) is 0 Å². The normalized spacial score (nSPS) is 11.5. The highest BCUT2D eigenvalue weighted by molar-refractivity contribution is 7.90. The van der Waals surface area contributed by atoms with Crippen LogP contribution in [0.15, 0.2) is 52.5 Å². The molecule has 0 radical (unpaired) electrons. The van der Waals surface area contributed by atoms with E-state index in [1.165, 1.54) is 44.7 Å². The van der Waals surface area contributed by atoms with Gasteiger partial charge in [0, 0.05) is 35.5 Å². The summed E-state index contributed by atoms with van der Waals surface area (Å²) < 4.78 is 36.0. The summed E-state index contributed by atoms with van der Waals surface area (Å²) in [4.78, 5) is 33.5. The van der Waals surface area contributed by atoms with Crippen molar-refractivity contribution in [3.63, 3.8) is 0 Å². The highest BCUT2D eigenvalue weighted by Gasteiger charge is 2.25. The van der Waals surface area contributed by atoms with Crippen LogP contribution in [0.4, 0.5) is 5.69 Å². The minimum absolute atomic E-state index is 0.0410. The van der Waals surface area contributed by atoms with E-state index >= 15 is 0 Å². The maximum absolute atomic E-state index is 14.0. The van der Waals surface area contributed by atoms with Crippen molar-refractivity contribution in [3.8, 4) is 28.3 Å². The average molecular weight is 545 g/mol. The monoisotopic (exact) mass is 544 g/mol. The van der Waals surface area contributed by atoms with E-state index in [0.717, 1.165) is 10.8 Å². The Kier molecular flexibility index (Phi) is 6.89. The third-order valence-corrected chi connectivity index (χ3v) is 6.94. The first-order valence-corrected chi connectivity index (χ1v) is 13.1. The predicted molar refractivity (Wildman–Crippen MR) is 138 cm³/mol. The Balaban J connectivity index is 2.21. The summed E-state index contributed by atoms with van der Waals surface area (Å²) in [6.07, 6.45) is 2.68. The predicted octanol–water partition coefficient (Wildman–Crippen LogP) is 3.99. The third-order valence-electron chi connectivity index (χ3n) is 5.69. The van der Waals surface area contributed by atoms with Gasteiger partial charge in [-0.15, -0.1) is 0 Å². The lowest BCUT2D eigenvalue weighted by Gasteiger charge is -2.16. The van der Waals surface area contributed by atoms with E-state index in [2.05, 4.69) is 9.97 Å². The van der Waals surface area contributed by atoms with Gasteiger partial charge in [0.15, 0.2) is 5.65 Å². The fourth-order valence-corrected chi connectivity index (χ4v) is 4.62. The number of benzene rings is 2. The topological polar surface area (TPSA) is 144 Å². The molecule has 0 saturated carbocycles. The number of methoxy groups -OCH3 is 2. The van der Waals surface area contributed by atoms with Crippen LogP contribution in [-0.2, 0) is 16.3 Å². The van der Waals surface area contributed by atoms with Gasteiger partial charge in [-0.25, -0.2) is 13.4 Å². The van der Waals surface area contributed by atoms with Crippen molar-refractivity contribution < 1.29 is 22.8 Å². The number of hydrogen-bond donors (Lipinski definition) is 0. The van der Waals surface area contributed by atoms with Crippen molar-refractivity contribution in [1.82, 2.24) is 14.5 Å². The molecule has 2 heterocycles. The molecule has 2 aromatic heterocycles. The summed E-state index contributed by atoms with van der Waals surface area (Å²) >= 11 is 6.55. The molecule has 0 aliphatic carbocycles. The number of aryl methyl sites for hydroxylation is 1.